The van der Waals surface area contributed by atoms with E-state index in [0.29, 0.717) is 17.8 Å². The van der Waals surface area contributed by atoms with Crippen LogP contribution in [0.3, 0.4) is 0 Å². The minimum atomic E-state index is -0.342. The molecule has 5 nitrogen and oxygen atoms in total. The van der Waals surface area contributed by atoms with Gasteiger partial charge in [-0.3, -0.25) is 9.79 Å². The van der Waals surface area contributed by atoms with Crippen molar-refractivity contribution < 1.29 is 15.0 Å². The third-order valence-electron chi connectivity index (χ3n) is 2.64. The number of amides is 1. The first-order chi connectivity index (χ1) is 8.11. The summed E-state index contributed by atoms with van der Waals surface area (Å²) in [5, 5.41) is 21.2. The number of rotatable bonds is 3. The van der Waals surface area contributed by atoms with E-state index in [1.807, 2.05) is 6.92 Å². The molecule has 5 heteroatoms. The summed E-state index contributed by atoms with van der Waals surface area (Å²) in [6, 6.07) is 4.00. The molecule has 0 saturated carbocycles. The van der Waals surface area contributed by atoms with Crippen molar-refractivity contribution in [2.24, 2.45) is 4.99 Å². The van der Waals surface area contributed by atoms with Crippen molar-refractivity contribution in [1.82, 2.24) is 5.32 Å². The van der Waals surface area contributed by atoms with Crippen molar-refractivity contribution in [3.8, 4) is 11.5 Å². The van der Waals surface area contributed by atoms with Crippen molar-refractivity contribution in [2.75, 3.05) is 0 Å². The standard InChI is InChI=1S/C12H14N2O3/c1-2-3-8-12(17)14-11(13-8)7-4-5-9(15)10(16)6-7/h4-6,8,15-16H,2-3H2,1H3,(H,13,14,17). The molecule has 0 radical (unpaired) electrons. The summed E-state index contributed by atoms with van der Waals surface area (Å²) in [7, 11) is 0. The van der Waals surface area contributed by atoms with Gasteiger partial charge in [0.1, 0.15) is 11.9 Å². The highest BCUT2D eigenvalue weighted by Gasteiger charge is 2.26. The maximum Gasteiger partial charge on any atom is 0.250 e. The summed E-state index contributed by atoms with van der Waals surface area (Å²) in [4.78, 5) is 15.8. The fourth-order valence-corrected chi connectivity index (χ4v) is 1.73. The van der Waals surface area contributed by atoms with E-state index in [2.05, 4.69) is 10.3 Å². The Balaban J connectivity index is 2.26. The van der Waals surface area contributed by atoms with Gasteiger partial charge in [-0.25, -0.2) is 0 Å². The summed E-state index contributed by atoms with van der Waals surface area (Å²) in [6.45, 7) is 1.99. The van der Waals surface area contributed by atoms with Gasteiger partial charge < -0.3 is 15.5 Å². The first-order valence-electron chi connectivity index (χ1n) is 5.53. The highest BCUT2D eigenvalue weighted by atomic mass is 16.3. The Morgan fingerprint density at radius 1 is 1.35 bits per heavy atom. The van der Waals surface area contributed by atoms with Gasteiger partial charge in [0.15, 0.2) is 11.5 Å². The lowest BCUT2D eigenvalue weighted by Crippen LogP contribution is -2.29. The number of hydrogen-bond donors (Lipinski definition) is 3. The van der Waals surface area contributed by atoms with E-state index in [4.69, 9.17) is 0 Å². The second-order valence-electron chi connectivity index (χ2n) is 3.97. The molecule has 1 aliphatic rings. The summed E-state index contributed by atoms with van der Waals surface area (Å²) >= 11 is 0. The molecule has 0 saturated heterocycles. The fourth-order valence-electron chi connectivity index (χ4n) is 1.73. The van der Waals surface area contributed by atoms with Gasteiger partial charge >= 0.3 is 0 Å². The maximum absolute atomic E-state index is 11.6. The molecule has 2 rings (SSSR count). The molecule has 3 N–H and O–H groups in total. The van der Waals surface area contributed by atoms with E-state index < -0.39 is 0 Å². The third kappa shape index (κ3) is 2.22. The van der Waals surface area contributed by atoms with Crippen molar-refractivity contribution in [2.45, 2.75) is 25.8 Å². The number of phenols is 2. The lowest BCUT2D eigenvalue weighted by molar-refractivity contribution is -0.120. The number of carbonyl (C=O) groups is 1. The summed E-state index contributed by atoms with van der Waals surface area (Å²) in [6.07, 6.45) is 1.59. The normalized spacial score (nSPS) is 19.0. The van der Waals surface area contributed by atoms with Crippen LogP contribution in [0.5, 0.6) is 11.5 Å². The predicted octanol–water partition coefficient (Wildman–Crippen LogP) is 1.14. The zero-order valence-corrected chi connectivity index (χ0v) is 9.47. The average molecular weight is 234 g/mol. The Bertz CT molecular complexity index is 483. The number of nitrogens with zero attached hydrogens (tertiary/aromatic N) is 1. The largest absolute Gasteiger partial charge is 0.504 e. The van der Waals surface area contributed by atoms with Crippen LogP contribution in [0.25, 0.3) is 0 Å². The average Bonchev–Trinajstić information content (AvgIpc) is 2.65. The van der Waals surface area contributed by atoms with Crippen LogP contribution in [0.2, 0.25) is 0 Å². The van der Waals surface area contributed by atoms with Gasteiger partial charge in [-0.1, -0.05) is 13.3 Å². The number of benzene rings is 1. The summed E-state index contributed by atoms with van der Waals surface area (Å²) in [5.74, 6) is -0.0830. The molecule has 1 aliphatic heterocycles. The Hall–Kier alpha value is -2.04. The molecule has 1 atom stereocenters. The highest BCUT2D eigenvalue weighted by molar-refractivity contribution is 6.13. The maximum atomic E-state index is 11.6. The molecule has 1 unspecified atom stereocenters. The van der Waals surface area contributed by atoms with Crippen molar-refractivity contribution in [3.63, 3.8) is 0 Å². The first kappa shape index (κ1) is 11.4. The zero-order valence-electron chi connectivity index (χ0n) is 9.47. The molecular weight excluding hydrogens is 220 g/mol. The van der Waals surface area contributed by atoms with Crippen LogP contribution in [0.4, 0.5) is 0 Å². The van der Waals surface area contributed by atoms with Gasteiger partial charge in [0.05, 0.1) is 0 Å². The number of nitrogens with one attached hydrogen (secondary N) is 1. The Morgan fingerprint density at radius 3 is 2.76 bits per heavy atom. The van der Waals surface area contributed by atoms with Gasteiger partial charge in [-0.2, -0.15) is 0 Å². The van der Waals surface area contributed by atoms with Gasteiger partial charge in [-0.15, -0.1) is 0 Å². The topological polar surface area (TPSA) is 81.9 Å². The molecule has 0 bridgehead atoms. The molecule has 1 aromatic carbocycles. The van der Waals surface area contributed by atoms with E-state index >= 15 is 0 Å². The van der Waals surface area contributed by atoms with Crippen LogP contribution < -0.4 is 5.32 Å². The molecule has 17 heavy (non-hydrogen) atoms. The number of aliphatic imine (C=N–C) groups is 1. The lowest BCUT2D eigenvalue weighted by atomic mass is 10.2. The molecule has 1 amide bonds. The smallest absolute Gasteiger partial charge is 0.250 e. The minimum absolute atomic E-state index is 0.116. The van der Waals surface area contributed by atoms with Crippen LogP contribution in [-0.2, 0) is 4.79 Å². The number of phenolic OH excluding ortho intramolecular Hbond substituents is 2. The van der Waals surface area contributed by atoms with Crippen LogP contribution in [0, 0.1) is 0 Å². The van der Waals surface area contributed by atoms with Crippen molar-refractivity contribution in [1.29, 1.82) is 0 Å². The summed E-state index contributed by atoms with van der Waals surface area (Å²) in [5.41, 5.74) is 0.590. The van der Waals surface area contributed by atoms with Gasteiger partial charge in [-0.05, 0) is 24.6 Å². The number of hydrogen-bond acceptors (Lipinski definition) is 4. The van der Waals surface area contributed by atoms with E-state index in [0.717, 1.165) is 6.42 Å². The molecule has 1 heterocycles. The Kier molecular flexibility index (Phi) is 2.99. The van der Waals surface area contributed by atoms with Crippen LogP contribution in [0.1, 0.15) is 25.3 Å². The molecule has 0 fully saturated rings. The Labute approximate surface area is 98.8 Å². The summed E-state index contributed by atoms with van der Waals surface area (Å²) < 4.78 is 0. The predicted molar refractivity (Wildman–Crippen MR) is 63.1 cm³/mol. The van der Waals surface area contributed by atoms with Crippen LogP contribution in [-0.4, -0.2) is 28.0 Å². The molecule has 1 aromatic rings. The molecule has 0 aliphatic carbocycles. The van der Waals surface area contributed by atoms with Crippen molar-refractivity contribution in [3.05, 3.63) is 23.8 Å². The molecule has 0 spiro atoms. The van der Waals surface area contributed by atoms with Crippen LogP contribution in [0.15, 0.2) is 23.2 Å². The quantitative estimate of drug-likeness (QED) is 0.686. The fraction of sp³-hybridized carbons (Fsp3) is 0.333. The zero-order chi connectivity index (χ0) is 12.4. The van der Waals surface area contributed by atoms with Crippen molar-refractivity contribution >= 4 is 11.7 Å². The van der Waals surface area contributed by atoms with E-state index in [1.54, 1.807) is 6.07 Å². The highest BCUT2D eigenvalue weighted by Crippen LogP contribution is 2.25. The third-order valence-corrected chi connectivity index (χ3v) is 2.64. The SMILES string of the molecule is CCCC1N=C(c2ccc(O)c(O)c2)NC1=O. The second-order valence-corrected chi connectivity index (χ2v) is 3.97. The van der Waals surface area contributed by atoms with E-state index in [-0.39, 0.29) is 23.4 Å². The van der Waals surface area contributed by atoms with Gasteiger partial charge in [0.2, 0.25) is 5.91 Å². The number of aromatic hydroxyl groups is 2. The number of carbonyl (C=O) groups excluding carboxylic acids is 1. The van der Waals surface area contributed by atoms with E-state index in [1.165, 1.54) is 12.1 Å². The molecule has 90 valence electrons. The monoisotopic (exact) mass is 234 g/mol. The number of amidine groups is 1. The second kappa shape index (κ2) is 4.45. The molecular formula is C12H14N2O3. The first-order valence-corrected chi connectivity index (χ1v) is 5.53. The minimum Gasteiger partial charge on any atom is -0.504 e. The Morgan fingerprint density at radius 2 is 2.12 bits per heavy atom. The van der Waals surface area contributed by atoms with Gasteiger partial charge in [0.25, 0.3) is 0 Å². The lowest BCUT2D eigenvalue weighted by Gasteiger charge is -2.02. The van der Waals surface area contributed by atoms with Gasteiger partial charge in [0, 0.05) is 5.56 Å². The molecule has 0 aromatic heterocycles. The van der Waals surface area contributed by atoms with E-state index in [9.17, 15) is 15.0 Å². The van der Waals surface area contributed by atoms with Crippen LogP contribution >= 0.6 is 0 Å².